The van der Waals surface area contributed by atoms with E-state index in [2.05, 4.69) is 16.3 Å². The number of nitrogens with zero attached hydrogens (tertiary/aromatic N) is 3. The van der Waals surface area contributed by atoms with Gasteiger partial charge in [0, 0.05) is 6.42 Å². The van der Waals surface area contributed by atoms with Gasteiger partial charge in [0.15, 0.2) is 11.2 Å². The monoisotopic (exact) mass is 207 g/mol. The van der Waals surface area contributed by atoms with Gasteiger partial charge in [0.05, 0.1) is 6.07 Å². The molecule has 0 saturated heterocycles. The molecule has 1 fully saturated rings. The van der Waals surface area contributed by atoms with E-state index in [0.29, 0.717) is 17.8 Å². The molecule has 4 nitrogen and oxygen atoms in total. The van der Waals surface area contributed by atoms with E-state index in [1.165, 1.54) is 11.3 Å². The van der Waals surface area contributed by atoms with Crippen LogP contribution in [0.25, 0.3) is 0 Å². The summed E-state index contributed by atoms with van der Waals surface area (Å²) >= 11 is 1.35. The molecule has 1 aliphatic carbocycles. The third-order valence-corrected chi connectivity index (χ3v) is 3.51. The molecule has 0 spiro atoms. The molecule has 5 heteroatoms. The minimum absolute atomic E-state index is 0.00356. The number of carbonyl (C=O) groups is 1. The third kappa shape index (κ3) is 1.15. The molecule has 0 radical (unpaired) electrons. The van der Waals surface area contributed by atoms with Gasteiger partial charge in [-0.1, -0.05) is 11.3 Å². The fraction of sp³-hybridized carbons (Fsp3) is 0.556. The summed E-state index contributed by atoms with van der Waals surface area (Å²) in [6.07, 6.45) is 1.87. The van der Waals surface area contributed by atoms with Gasteiger partial charge in [0.1, 0.15) is 10.0 Å². The molecule has 1 aliphatic rings. The Bertz CT molecular complexity index is 420. The van der Waals surface area contributed by atoms with Crippen molar-refractivity contribution in [1.82, 2.24) is 10.2 Å². The molecule has 1 heterocycles. The van der Waals surface area contributed by atoms with Gasteiger partial charge < -0.3 is 0 Å². The molecule has 72 valence electrons. The number of aromatic nitrogens is 2. The van der Waals surface area contributed by atoms with E-state index in [-0.39, 0.29) is 5.78 Å². The first-order valence-electron chi connectivity index (χ1n) is 4.44. The van der Waals surface area contributed by atoms with Gasteiger partial charge in [0.2, 0.25) is 0 Å². The normalized spacial score (nSPS) is 26.4. The lowest BCUT2D eigenvalue weighted by atomic mass is 9.88. The Labute approximate surface area is 85.6 Å². The molecule has 0 N–H and O–H groups in total. The fourth-order valence-corrected chi connectivity index (χ4v) is 2.61. The molecule has 1 aromatic heterocycles. The van der Waals surface area contributed by atoms with E-state index in [0.717, 1.165) is 11.4 Å². The molecule has 1 unspecified atom stereocenters. The zero-order valence-corrected chi connectivity index (χ0v) is 8.60. The quantitative estimate of drug-likeness (QED) is 0.697. The number of nitriles is 1. The number of hydrogen-bond acceptors (Lipinski definition) is 5. The topological polar surface area (TPSA) is 66.6 Å². The molecule has 0 aromatic carbocycles. The molecule has 0 aliphatic heterocycles. The van der Waals surface area contributed by atoms with Crippen LogP contribution in [0.1, 0.15) is 29.3 Å². The van der Waals surface area contributed by atoms with E-state index < -0.39 is 5.41 Å². The molecule has 2 rings (SSSR count). The van der Waals surface area contributed by atoms with Crippen LogP contribution in [0.5, 0.6) is 0 Å². The van der Waals surface area contributed by atoms with Crippen LogP contribution in [-0.2, 0) is 10.2 Å². The summed E-state index contributed by atoms with van der Waals surface area (Å²) in [6, 6.07) is 2.12. The van der Waals surface area contributed by atoms with Crippen molar-refractivity contribution in [3.8, 4) is 6.07 Å². The summed E-state index contributed by atoms with van der Waals surface area (Å²) in [7, 11) is 0. The predicted octanol–water partition coefficient (Wildman–Crippen LogP) is 1.36. The van der Waals surface area contributed by atoms with Crippen molar-refractivity contribution in [1.29, 1.82) is 5.26 Å². The first kappa shape index (κ1) is 9.28. The summed E-state index contributed by atoms with van der Waals surface area (Å²) in [5.41, 5.74) is -0.980. The van der Waals surface area contributed by atoms with Crippen molar-refractivity contribution in [2.45, 2.75) is 31.6 Å². The van der Waals surface area contributed by atoms with Crippen molar-refractivity contribution in [3.05, 3.63) is 10.0 Å². The van der Waals surface area contributed by atoms with Crippen LogP contribution < -0.4 is 0 Å². The molecular weight excluding hydrogens is 198 g/mol. The summed E-state index contributed by atoms with van der Waals surface area (Å²) in [6.45, 7) is 1.83. The highest BCUT2D eigenvalue weighted by Crippen LogP contribution is 2.38. The summed E-state index contributed by atoms with van der Waals surface area (Å²) in [5.74, 6) is -0.00356. The zero-order chi connectivity index (χ0) is 10.2. The van der Waals surface area contributed by atoms with Crippen molar-refractivity contribution in [3.63, 3.8) is 0 Å². The van der Waals surface area contributed by atoms with E-state index in [9.17, 15) is 4.79 Å². The molecule has 14 heavy (non-hydrogen) atoms. The smallest absolute Gasteiger partial charge is 0.169 e. The minimum atomic E-state index is -0.980. The number of aryl methyl sites for hydroxylation is 1. The lowest BCUT2D eigenvalue weighted by Gasteiger charge is -2.13. The number of ketones is 1. The predicted molar refractivity (Wildman–Crippen MR) is 50.8 cm³/mol. The third-order valence-electron chi connectivity index (χ3n) is 2.51. The van der Waals surface area contributed by atoms with Gasteiger partial charge in [-0.25, -0.2) is 0 Å². The molecule has 1 atom stereocenters. The van der Waals surface area contributed by atoms with E-state index >= 15 is 0 Å². The maximum atomic E-state index is 11.7. The lowest BCUT2D eigenvalue weighted by molar-refractivity contribution is -0.120. The molecule has 1 aromatic rings. The Hall–Kier alpha value is -1.28. The number of rotatable bonds is 1. The van der Waals surface area contributed by atoms with Gasteiger partial charge in [0.25, 0.3) is 0 Å². The largest absolute Gasteiger partial charge is 0.297 e. The van der Waals surface area contributed by atoms with E-state index in [1.54, 1.807) is 0 Å². The maximum absolute atomic E-state index is 11.7. The van der Waals surface area contributed by atoms with Gasteiger partial charge in [-0.3, -0.25) is 4.79 Å². The van der Waals surface area contributed by atoms with Crippen molar-refractivity contribution in [2.75, 3.05) is 0 Å². The Balaban J connectivity index is 2.49. The summed E-state index contributed by atoms with van der Waals surface area (Å²) in [5, 5.41) is 18.3. The molecular formula is C9H9N3OS. The zero-order valence-electron chi connectivity index (χ0n) is 7.78. The second-order valence-corrected chi connectivity index (χ2v) is 4.60. The number of Topliss-reactive ketones (excluding diaryl/α,β-unsaturated/α-hetero) is 1. The van der Waals surface area contributed by atoms with Gasteiger partial charge in [-0.15, -0.1) is 10.2 Å². The Morgan fingerprint density at radius 3 is 2.79 bits per heavy atom. The second-order valence-electron chi connectivity index (χ2n) is 3.42. The highest BCUT2D eigenvalue weighted by atomic mass is 32.1. The highest BCUT2D eigenvalue weighted by Gasteiger charge is 2.46. The average molecular weight is 207 g/mol. The SMILES string of the molecule is Cc1nnc(C2(C#N)CCCC2=O)s1. The number of carbonyl (C=O) groups excluding carboxylic acids is 1. The highest BCUT2D eigenvalue weighted by molar-refractivity contribution is 7.11. The van der Waals surface area contributed by atoms with Crippen LogP contribution in [0.2, 0.25) is 0 Å². The van der Waals surface area contributed by atoms with Gasteiger partial charge in [-0.2, -0.15) is 5.26 Å². The van der Waals surface area contributed by atoms with Crippen LogP contribution in [0.15, 0.2) is 0 Å². The van der Waals surface area contributed by atoms with Crippen LogP contribution in [0, 0.1) is 18.3 Å². The van der Waals surface area contributed by atoms with Crippen LogP contribution in [-0.4, -0.2) is 16.0 Å². The maximum Gasteiger partial charge on any atom is 0.169 e. The van der Waals surface area contributed by atoms with Gasteiger partial charge >= 0.3 is 0 Å². The Morgan fingerprint density at radius 1 is 1.57 bits per heavy atom. The first-order valence-corrected chi connectivity index (χ1v) is 5.26. The van der Waals surface area contributed by atoms with E-state index in [1.807, 2.05) is 6.92 Å². The van der Waals surface area contributed by atoms with Crippen LogP contribution in [0.3, 0.4) is 0 Å². The second kappa shape index (κ2) is 3.14. The molecule has 0 amide bonds. The number of hydrogen-bond donors (Lipinski definition) is 0. The molecule has 0 bridgehead atoms. The lowest BCUT2D eigenvalue weighted by Crippen LogP contribution is -2.28. The van der Waals surface area contributed by atoms with Gasteiger partial charge in [-0.05, 0) is 19.8 Å². The molecule has 1 saturated carbocycles. The van der Waals surface area contributed by atoms with Crippen molar-refractivity contribution >= 4 is 17.1 Å². The Morgan fingerprint density at radius 2 is 2.36 bits per heavy atom. The fourth-order valence-electron chi connectivity index (χ4n) is 1.73. The summed E-state index contributed by atoms with van der Waals surface area (Å²) in [4.78, 5) is 11.7. The minimum Gasteiger partial charge on any atom is -0.297 e. The standard InChI is InChI=1S/C9H9N3OS/c1-6-11-12-8(14-6)9(5-10)4-2-3-7(9)13/h2-4H2,1H3. The first-order chi connectivity index (χ1) is 6.69. The summed E-state index contributed by atoms with van der Waals surface area (Å²) < 4.78 is 0. The van der Waals surface area contributed by atoms with Crippen molar-refractivity contribution in [2.24, 2.45) is 0 Å². The van der Waals surface area contributed by atoms with Crippen molar-refractivity contribution < 1.29 is 4.79 Å². The Kier molecular flexibility index (Phi) is 2.08. The van der Waals surface area contributed by atoms with Crippen LogP contribution in [0.4, 0.5) is 0 Å². The van der Waals surface area contributed by atoms with E-state index in [4.69, 9.17) is 5.26 Å². The average Bonchev–Trinajstić information content (AvgIpc) is 2.73. The van der Waals surface area contributed by atoms with Crippen LogP contribution >= 0.6 is 11.3 Å².